The van der Waals surface area contributed by atoms with Crippen LogP contribution in [0.5, 0.6) is 0 Å². The van der Waals surface area contributed by atoms with Crippen LogP contribution in [0.1, 0.15) is 67.9 Å². The number of rotatable bonds is 3. The normalized spacial score (nSPS) is 25.1. The Kier molecular flexibility index (Phi) is 4.28. The molecule has 0 amide bonds. The van der Waals surface area contributed by atoms with E-state index in [0.717, 1.165) is 18.5 Å². The molecular weight excluding hydrogens is 408 g/mol. The lowest BCUT2D eigenvalue weighted by Crippen LogP contribution is -2.28. The minimum absolute atomic E-state index is 0.0642. The number of alkyl halides is 2. The van der Waals surface area contributed by atoms with Crippen molar-refractivity contribution < 1.29 is 8.78 Å². The Balaban J connectivity index is 1.49. The van der Waals surface area contributed by atoms with Crippen LogP contribution in [0, 0.1) is 0 Å². The van der Waals surface area contributed by atoms with E-state index in [4.69, 9.17) is 16.6 Å². The van der Waals surface area contributed by atoms with Gasteiger partial charge in [0.15, 0.2) is 10.1 Å². The van der Waals surface area contributed by atoms with Crippen molar-refractivity contribution in [2.24, 2.45) is 0 Å². The molecule has 1 N–H and O–H groups in total. The molecule has 0 unspecified atom stereocenters. The number of aromatic nitrogens is 5. The Morgan fingerprint density at radius 2 is 1.93 bits per heavy atom. The molecule has 28 heavy (non-hydrogen) atoms. The van der Waals surface area contributed by atoms with Gasteiger partial charge in [0.25, 0.3) is 5.56 Å². The van der Waals surface area contributed by atoms with Crippen LogP contribution in [0.15, 0.2) is 16.4 Å². The maximum absolute atomic E-state index is 13.5. The van der Waals surface area contributed by atoms with Gasteiger partial charge in [-0.1, -0.05) is 11.6 Å². The fraction of sp³-hybridized carbons (Fsp3) is 0.556. The molecule has 3 aromatic heterocycles. The van der Waals surface area contributed by atoms with Crippen LogP contribution < -0.4 is 5.56 Å². The Hall–Kier alpha value is -1.87. The van der Waals surface area contributed by atoms with Gasteiger partial charge < -0.3 is 4.98 Å². The smallest absolute Gasteiger partial charge is 0.262 e. The molecule has 10 heteroatoms. The van der Waals surface area contributed by atoms with Crippen LogP contribution in [0.4, 0.5) is 8.78 Å². The Morgan fingerprint density at radius 3 is 2.57 bits per heavy atom. The highest BCUT2D eigenvalue weighted by molar-refractivity contribution is 7.13. The number of fused-ring (bicyclic) bond motifs is 1. The minimum Gasteiger partial charge on any atom is -0.310 e. The van der Waals surface area contributed by atoms with Gasteiger partial charge in [0.1, 0.15) is 11.2 Å². The zero-order chi connectivity index (χ0) is 19.5. The van der Waals surface area contributed by atoms with Gasteiger partial charge in [0.2, 0.25) is 5.92 Å². The van der Waals surface area contributed by atoms with Crippen LogP contribution in [0.2, 0.25) is 4.47 Å². The van der Waals surface area contributed by atoms with E-state index >= 15 is 0 Å². The Morgan fingerprint density at radius 1 is 1.18 bits per heavy atom. The summed E-state index contributed by atoms with van der Waals surface area (Å²) < 4.78 is 29.2. The quantitative estimate of drug-likeness (QED) is 0.663. The molecule has 0 radical (unpaired) electrons. The lowest BCUT2D eigenvalue weighted by Gasteiger charge is -2.34. The Labute approximate surface area is 168 Å². The third-order valence-electron chi connectivity index (χ3n) is 6.01. The van der Waals surface area contributed by atoms with Crippen LogP contribution >= 0.6 is 22.9 Å². The van der Waals surface area contributed by atoms with Crippen LogP contribution in [0.25, 0.3) is 11.0 Å². The van der Waals surface area contributed by atoms with Crippen molar-refractivity contribution in [3.05, 3.63) is 37.9 Å². The summed E-state index contributed by atoms with van der Waals surface area (Å²) in [5.41, 5.74) is 1.17. The van der Waals surface area contributed by atoms with Gasteiger partial charge in [-0.2, -0.15) is 5.10 Å². The predicted molar refractivity (Wildman–Crippen MR) is 102 cm³/mol. The zero-order valence-corrected chi connectivity index (χ0v) is 16.4. The molecular formula is C18H18ClF2N5OS. The highest BCUT2D eigenvalue weighted by Crippen LogP contribution is 2.48. The monoisotopic (exact) mass is 425 g/mol. The SMILES string of the molecule is O=c1[nH]c([C@H]2CC[C@H]2c2csc(Cl)n2)nc2c1cnn2C1CCC(F)(F)CC1. The van der Waals surface area contributed by atoms with Crippen molar-refractivity contribution in [2.45, 2.75) is 62.3 Å². The predicted octanol–water partition coefficient (Wildman–Crippen LogP) is 4.64. The van der Waals surface area contributed by atoms with E-state index in [-0.39, 0.29) is 36.3 Å². The second kappa shape index (κ2) is 6.59. The third kappa shape index (κ3) is 3.04. The second-order valence-corrected chi connectivity index (χ2v) is 9.12. The van der Waals surface area contributed by atoms with Crippen molar-refractivity contribution in [3.8, 4) is 0 Å². The number of hydrogen-bond donors (Lipinski definition) is 1. The van der Waals surface area contributed by atoms with E-state index in [1.54, 1.807) is 4.68 Å². The van der Waals surface area contributed by atoms with Crippen molar-refractivity contribution >= 4 is 34.0 Å². The largest absolute Gasteiger partial charge is 0.310 e. The molecule has 2 atom stereocenters. The molecule has 3 aromatic rings. The third-order valence-corrected chi connectivity index (χ3v) is 7.01. The number of H-pyrrole nitrogens is 1. The van der Waals surface area contributed by atoms with E-state index in [9.17, 15) is 13.6 Å². The number of aromatic amines is 1. The summed E-state index contributed by atoms with van der Waals surface area (Å²) in [6.07, 6.45) is 3.68. The van der Waals surface area contributed by atoms with E-state index in [1.165, 1.54) is 17.5 Å². The molecule has 5 rings (SSSR count). The zero-order valence-electron chi connectivity index (χ0n) is 14.9. The standard InChI is InChI=1S/C18H18ClF2N5OS/c19-17-23-13(8-28-17)10-1-2-11(10)14-24-15-12(16(27)25-14)7-22-26(15)9-3-5-18(20,21)6-4-9/h7-11H,1-6H2,(H,24,25,27)/t10-,11+/m1/s1. The van der Waals surface area contributed by atoms with Crippen LogP contribution in [-0.4, -0.2) is 30.7 Å². The maximum Gasteiger partial charge on any atom is 0.262 e. The molecule has 0 bridgehead atoms. The fourth-order valence-corrected chi connectivity index (χ4v) is 5.12. The van der Waals surface area contributed by atoms with Crippen molar-refractivity contribution in [3.63, 3.8) is 0 Å². The van der Waals surface area contributed by atoms with Crippen molar-refractivity contribution in [2.75, 3.05) is 0 Å². The molecule has 0 aliphatic heterocycles. The van der Waals surface area contributed by atoms with E-state index in [1.807, 2.05) is 5.38 Å². The van der Waals surface area contributed by atoms with Gasteiger partial charge in [-0.25, -0.2) is 23.4 Å². The first-order valence-corrected chi connectivity index (χ1v) is 10.6. The summed E-state index contributed by atoms with van der Waals surface area (Å²) in [5, 5.41) is 6.66. The van der Waals surface area contributed by atoms with Crippen molar-refractivity contribution in [1.82, 2.24) is 24.7 Å². The number of thiazole rings is 1. The molecule has 148 valence electrons. The summed E-state index contributed by atoms with van der Waals surface area (Å²) in [6.45, 7) is 0. The lowest BCUT2D eigenvalue weighted by atomic mass is 9.71. The lowest BCUT2D eigenvalue weighted by molar-refractivity contribution is -0.0446. The van der Waals surface area contributed by atoms with E-state index < -0.39 is 5.92 Å². The summed E-state index contributed by atoms with van der Waals surface area (Å²) >= 11 is 7.36. The summed E-state index contributed by atoms with van der Waals surface area (Å²) in [7, 11) is 0. The first-order valence-electron chi connectivity index (χ1n) is 9.37. The summed E-state index contributed by atoms with van der Waals surface area (Å²) in [5.74, 6) is -1.76. The average Bonchev–Trinajstić information content (AvgIpc) is 3.21. The number of nitrogens with one attached hydrogen (secondary N) is 1. The van der Waals surface area contributed by atoms with Crippen LogP contribution in [0.3, 0.4) is 0 Å². The highest BCUT2D eigenvalue weighted by Gasteiger charge is 2.38. The molecule has 2 aliphatic carbocycles. The molecule has 0 saturated heterocycles. The molecule has 0 spiro atoms. The first-order chi connectivity index (χ1) is 13.4. The van der Waals surface area contributed by atoms with Gasteiger partial charge in [0, 0.05) is 30.1 Å². The van der Waals surface area contributed by atoms with Gasteiger partial charge in [0.05, 0.1) is 17.9 Å². The molecule has 2 saturated carbocycles. The molecule has 3 heterocycles. The number of halogens is 3. The average molecular weight is 426 g/mol. The second-order valence-electron chi connectivity index (χ2n) is 7.68. The topological polar surface area (TPSA) is 76.5 Å². The first kappa shape index (κ1) is 18.2. The van der Waals surface area contributed by atoms with Crippen molar-refractivity contribution in [1.29, 1.82) is 0 Å². The minimum atomic E-state index is -2.61. The van der Waals surface area contributed by atoms with Gasteiger partial charge >= 0.3 is 0 Å². The Bertz CT molecular complexity index is 1080. The number of nitrogens with zero attached hydrogens (tertiary/aromatic N) is 4. The summed E-state index contributed by atoms with van der Waals surface area (Å²) in [6, 6.07) is -0.159. The highest BCUT2D eigenvalue weighted by atomic mass is 35.5. The van der Waals surface area contributed by atoms with Gasteiger partial charge in [-0.05, 0) is 25.7 Å². The molecule has 2 fully saturated rings. The number of hydrogen-bond acceptors (Lipinski definition) is 5. The van der Waals surface area contributed by atoms with E-state index in [2.05, 4.69) is 15.1 Å². The van der Waals surface area contributed by atoms with E-state index in [0.29, 0.717) is 34.2 Å². The van der Waals surface area contributed by atoms with Crippen LogP contribution in [-0.2, 0) is 0 Å². The maximum atomic E-state index is 13.5. The molecule has 2 aliphatic rings. The molecule has 0 aromatic carbocycles. The molecule has 6 nitrogen and oxygen atoms in total. The summed E-state index contributed by atoms with van der Waals surface area (Å²) in [4.78, 5) is 24.6. The fourth-order valence-electron chi connectivity index (χ4n) is 4.28. The van der Waals surface area contributed by atoms with Gasteiger partial charge in [-0.3, -0.25) is 4.79 Å². The van der Waals surface area contributed by atoms with Gasteiger partial charge in [-0.15, -0.1) is 11.3 Å².